The van der Waals surface area contributed by atoms with Gasteiger partial charge in [0.25, 0.3) is 0 Å². The zero-order valence-electron chi connectivity index (χ0n) is 11.1. The van der Waals surface area contributed by atoms with Gasteiger partial charge in [0.05, 0.1) is 12.7 Å². The first-order valence-corrected chi connectivity index (χ1v) is 6.15. The lowest BCUT2D eigenvalue weighted by Crippen LogP contribution is -1.82. The van der Waals surface area contributed by atoms with Crippen LogP contribution in [0.4, 0.5) is 0 Å². The average molecular weight is 259 g/mol. The van der Waals surface area contributed by atoms with Gasteiger partial charge in [-0.1, -0.05) is 42.2 Å². The van der Waals surface area contributed by atoms with Crippen LogP contribution in [-0.4, -0.2) is 7.11 Å². The minimum Gasteiger partial charge on any atom is -0.497 e. The summed E-state index contributed by atoms with van der Waals surface area (Å²) >= 11 is 0. The van der Waals surface area contributed by atoms with Crippen molar-refractivity contribution in [1.82, 2.24) is 0 Å². The van der Waals surface area contributed by atoms with Crippen LogP contribution in [0.3, 0.4) is 0 Å². The second-order valence-corrected chi connectivity index (χ2v) is 4.03. The molecule has 0 heterocycles. The van der Waals surface area contributed by atoms with E-state index in [2.05, 4.69) is 17.9 Å². The van der Waals surface area contributed by atoms with E-state index in [0.29, 0.717) is 5.57 Å². The summed E-state index contributed by atoms with van der Waals surface area (Å²) in [7, 11) is 1.63. The third-order valence-electron chi connectivity index (χ3n) is 2.73. The molecular formula is C18H13NO. The first kappa shape index (κ1) is 13.5. The molecule has 0 amide bonds. The van der Waals surface area contributed by atoms with E-state index in [0.717, 1.165) is 16.9 Å². The Bertz CT molecular complexity index is 695. The van der Waals surface area contributed by atoms with Crippen molar-refractivity contribution in [2.24, 2.45) is 0 Å². The lowest BCUT2D eigenvalue weighted by Gasteiger charge is -1.97. The third-order valence-corrected chi connectivity index (χ3v) is 2.73. The summed E-state index contributed by atoms with van der Waals surface area (Å²) < 4.78 is 5.08. The summed E-state index contributed by atoms with van der Waals surface area (Å²) in [5, 5.41) is 9.14. The van der Waals surface area contributed by atoms with Crippen LogP contribution in [0.1, 0.15) is 11.1 Å². The van der Waals surface area contributed by atoms with Gasteiger partial charge in [0.15, 0.2) is 0 Å². The summed E-state index contributed by atoms with van der Waals surface area (Å²) in [4.78, 5) is 0. The number of allylic oxidation sites excluding steroid dienone is 2. The number of benzene rings is 2. The smallest absolute Gasteiger partial charge is 0.118 e. The number of nitrogens with zero attached hydrogens (tertiary/aromatic N) is 1. The van der Waals surface area contributed by atoms with Crippen molar-refractivity contribution in [3.63, 3.8) is 0 Å². The Hall–Kier alpha value is -2.97. The summed E-state index contributed by atoms with van der Waals surface area (Å²) in [5.41, 5.74) is 2.32. The summed E-state index contributed by atoms with van der Waals surface area (Å²) in [6.45, 7) is 0. The Balaban J connectivity index is 2.19. The third kappa shape index (κ3) is 3.51. The van der Waals surface area contributed by atoms with E-state index < -0.39 is 0 Å². The maximum atomic E-state index is 9.14. The summed E-state index contributed by atoms with van der Waals surface area (Å²) in [5.74, 6) is 6.71. The van der Waals surface area contributed by atoms with Crippen molar-refractivity contribution in [1.29, 1.82) is 5.26 Å². The highest BCUT2D eigenvalue weighted by Gasteiger charge is 1.96. The van der Waals surface area contributed by atoms with Gasteiger partial charge in [0.2, 0.25) is 0 Å². The lowest BCUT2D eigenvalue weighted by atomic mass is 10.1. The van der Waals surface area contributed by atoms with Crippen molar-refractivity contribution in [3.05, 3.63) is 71.8 Å². The molecule has 96 valence electrons. The lowest BCUT2D eigenvalue weighted by molar-refractivity contribution is 0.415. The van der Waals surface area contributed by atoms with Gasteiger partial charge >= 0.3 is 0 Å². The fraction of sp³-hybridized carbons (Fsp3) is 0.0556. The molecule has 2 rings (SSSR count). The van der Waals surface area contributed by atoms with E-state index in [-0.39, 0.29) is 0 Å². The normalized spacial score (nSPS) is 10.1. The minimum atomic E-state index is 0.562. The van der Waals surface area contributed by atoms with Crippen molar-refractivity contribution in [2.75, 3.05) is 7.11 Å². The molecule has 0 radical (unpaired) electrons. The highest BCUT2D eigenvalue weighted by atomic mass is 16.5. The molecule has 0 aliphatic carbocycles. The number of nitriles is 1. The molecule has 2 nitrogen and oxygen atoms in total. The Morgan fingerprint density at radius 1 is 1.05 bits per heavy atom. The zero-order chi connectivity index (χ0) is 14.2. The minimum absolute atomic E-state index is 0.562. The molecule has 0 aliphatic heterocycles. The molecule has 20 heavy (non-hydrogen) atoms. The van der Waals surface area contributed by atoms with Crippen molar-refractivity contribution < 1.29 is 4.74 Å². The van der Waals surface area contributed by atoms with Gasteiger partial charge in [-0.05, 0) is 29.8 Å². The maximum absolute atomic E-state index is 9.14. The van der Waals surface area contributed by atoms with Crippen LogP contribution in [0.5, 0.6) is 5.75 Å². The first-order chi connectivity index (χ1) is 9.83. The van der Waals surface area contributed by atoms with Crippen LogP contribution in [-0.2, 0) is 0 Å². The van der Waals surface area contributed by atoms with Gasteiger partial charge in [-0.25, -0.2) is 0 Å². The molecule has 0 unspecified atom stereocenters. The van der Waals surface area contributed by atoms with E-state index in [1.54, 1.807) is 13.2 Å². The molecule has 0 aliphatic rings. The fourth-order valence-electron chi connectivity index (χ4n) is 1.66. The molecule has 0 fully saturated rings. The zero-order valence-corrected chi connectivity index (χ0v) is 11.1. The van der Waals surface area contributed by atoms with Gasteiger partial charge in [-0.2, -0.15) is 5.26 Å². The number of rotatable bonds is 2. The van der Waals surface area contributed by atoms with Gasteiger partial charge in [0, 0.05) is 11.6 Å². The fourth-order valence-corrected chi connectivity index (χ4v) is 1.66. The Kier molecular flexibility index (Phi) is 4.60. The molecule has 0 saturated carbocycles. The second-order valence-electron chi connectivity index (χ2n) is 4.03. The Morgan fingerprint density at radius 3 is 2.35 bits per heavy atom. The summed E-state index contributed by atoms with van der Waals surface area (Å²) in [6.07, 6.45) is 1.64. The van der Waals surface area contributed by atoms with Gasteiger partial charge in [-0.15, -0.1) is 0 Å². The molecule has 0 bridgehead atoms. The molecule has 0 atom stereocenters. The van der Waals surface area contributed by atoms with Crippen LogP contribution in [0.2, 0.25) is 0 Å². The van der Waals surface area contributed by atoms with E-state index >= 15 is 0 Å². The largest absolute Gasteiger partial charge is 0.497 e. The number of hydrogen-bond donors (Lipinski definition) is 0. The second kappa shape index (κ2) is 6.83. The Labute approximate surface area is 118 Å². The van der Waals surface area contributed by atoms with Crippen molar-refractivity contribution in [3.8, 4) is 23.7 Å². The molecule has 0 saturated heterocycles. The Morgan fingerprint density at radius 2 is 1.75 bits per heavy atom. The highest BCUT2D eigenvalue weighted by molar-refractivity contribution is 5.78. The van der Waals surface area contributed by atoms with E-state index in [4.69, 9.17) is 10.00 Å². The molecule has 2 aromatic rings. The first-order valence-electron chi connectivity index (χ1n) is 6.15. The predicted molar refractivity (Wildman–Crippen MR) is 79.9 cm³/mol. The van der Waals surface area contributed by atoms with Crippen LogP contribution in [0.15, 0.2) is 60.7 Å². The van der Waals surface area contributed by atoms with Crippen LogP contribution >= 0.6 is 0 Å². The molecule has 2 aromatic carbocycles. The van der Waals surface area contributed by atoms with Crippen LogP contribution in [0.25, 0.3) is 5.57 Å². The standard InChI is InChI=1S/C18H13NO/c1-20-18-12-10-15(11-13-18)6-5-9-17(14-19)16-7-3-2-4-8-16/h2-4,7-13H,1H3/b17-9+. The number of ether oxygens (including phenoxy) is 1. The van der Waals surface area contributed by atoms with E-state index in [1.165, 1.54) is 0 Å². The molecule has 0 spiro atoms. The van der Waals surface area contributed by atoms with Crippen LogP contribution < -0.4 is 4.74 Å². The van der Waals surface area contributed by atoms with Gasteiger partial charge < -0.3 is 4.74 Å². The topological polar surface area (TPSA) is 33.0 Å². The molecule has 0 aromatic heterocycles. The van der Waals surface area contributed by atoms with Gasteiger partial charge in [-0.3, -0.25) is 0 Å². The SMILES string of the molecule is COc1ccc(C#C/C=C(\C#N)c2ccccc2)cc1. The predicted octanol–water partition coefficient (Wildman–Crippen LogP) is 3.65. The highest BCUT2D eigenvalue weighted by Crippen LogP contribution is 2.12. The summed E-state index contributed by atoms with van der Waals surface area (Å²) in [6, 6.07) is 19.1. The number of methoxy groups -OCH3 is 1. The molecular weight excluding hydrogens is 246 g/mol. The monoisotopic (exact) mass is 259 g/mol. The maximum Gasteiger partial charge on any atom is 0.118 e. The quantitative estimate of drug-likeness (QED) is 0.609. The molecule has 0 N–H and O–H groups in total. The van der Waals surface area contributed by atoms with Gasteiger partial charge in [0.1, 0.15) is 11.8 Å². The van der Waals surface area contributed by atoms with Crippen molar-refractivity contribution in [2.45, 2.75) is 0 Å². The van der Waals surface area contributed by atoms with Crippen LogP contribution in [0, 0.1) is 23.2 Å². The van der Waals surface area contributed by atoms with Crippen molar-refractivity contribution >= 4 is 5.57 Å². The number of hydrogen-bond acceptors (Lipinski definition) is 2. The average Bonchev–Trinajstić information content (AvgIpc) is 2.53. The molecule has 2 heteroatoms. The van der Waals surface area contributed by atoms with E-state index in [1.807, 2.05) is 54.6 Å². The van der Waals surface area contributed by atoms with E-state index in [9.17, 15) is 0 Å².